The van der Waals surface area contributed by atoms with Crippen molar-refractivity contribution in [1.29, 1.82) is 21.0 Å². The number of halogens is 1. The Labute approximate surface area is 130 Å². The van der Waals surface area contributed by atoms with Gasteiger partial charge in [-0.2, -0.15) is 21.0 Å². The molecule has 0 bridgehead atoms. The first-order chi connectivity index (χ1) is 11.2. The van der Waals surface area contributed by atoms with E-state index in [1.807, 2.05) is 6.07 Å². The Morgan fingerprint density at radius 1 is 0.696 bits per heavy atom. The molecule has 0 atom stereocenters. The van der Waals surface area contributed by atoms with Crippen LogP contribution >= 0.6 is 0 Å². The van der Waals surface area contributed by atoms with Crippen LogP contribution in [0.25, 0.3) is 21.5 Å². The van der Waals surface area contributed by atoms with E-state index in [1.165, 1.54) is 0 Å². The normalized spacial score (nSPS) is 9.78. The second kappa shape index (κ2) is 5.12. The number of benzene rings is 3. The molecule has 4 nitrogen and oxygen atoms in total. The third kappa shape index (κ3) is 1.79. The van der Waals surface area contributed by atoms with Gasteiger partial charge in [-0.25, -0.2) is 4.39 Å². The second-order valence-corrected chi connectivity index (χ2v) is 4.78. The lowest BCUT2D eigenvalue weighted by atomic mass is 9.89. The van der Waals surface area contributed by atoms with Crippen LogP contribution in [-0.2, 0) is 0 Å². The number of nitrogens with zero attached hydrogens (tertiary/aromatic N) is 4. The number of rotatable bonds is 0. The number of fused-ring (bicyclic) bond motifs is 2. The van der Waals surface area contributed by atoms with E-state index in [9.17, 15) is 25.4 Å². The molecule has 0 aliphatic rings. The summed E-state index contributed by atoms with van der Waals surface area (Å²) < 4.78 is 14.9. The summed E-state index contributed by atoms with van der Waals surface area (Å²) in [5, 5.41) is 38.2. The largest absolute Gasteiger partial charge is 0.206 e. The molecule has 23 heavy (non-hydrogen) atoms. The van der Waals surface area contributed by atoms with Crippen LogP contribution in [0.1, 0.15) is 22.3 Å². The summed E-state index contributed by atoms with van der Waals surface area (Å²) >= 11 is 0. The molecule has 0 saturated heterocycles. The third-order valence-corrected chi connectivity index (χ3v) is 3.70. The first kappa shape index (κ1) is 14.0. The van der Waals surface area contributed by atoms with E-state index in [4.69, 9.17) is 0 Å². The van der Waals surface area contributed by atoms with Crippen LogP contribution in [0.15, 0.2) is 30.3 Å². The predicted molar refractivity (Wildman–Crippen MR) is 80.3 cm³/mol. The molecule has 3 aromatic carbocycles. The van der Waals surface area contributed by atoms with Crippen molar-refractivity contribution in [3.05, 3.63) is 58.4 Å². The maximum atomic E-state index is 14.9. The fourth-order valence-electron chi connectivity index (χ4n) is 2.71. The van der Waals surface area contributed by atoms with Gasteiger partial charge in [-0.3, -0.25) is 0 Å². The topological polar surface area (TPSA) is 95.2 Å². The van der Waals surface area contributed by atoms with Gasteiger partial charge in [0.2, 0.25) is 0 Å². The quantitative estimate of drug-likeness (QED) is 0.592. The molecule has 0 aliphatic carbocycles. The van der Waals surface area contributed by atoms with Crippen molar-refractivity contribution in [1.82, 2.24) is 0 Å². The minimum Gasteiger partial charge on any atom is -0.206 e. The smallest absolute Gasteiger partial charge is 0.140 e. The Bertz CT molecular complexity index is 1170. The molecule has 0 saturated carbocycles. The average Bonchev–Trinajstić information content (AvgIpc) is 2.59. The van der Waals surface area contributed by atoms with Crippen molar-refractivity contribution in [2.45, 2.75) is 0 Å². The number of nitriles is 4. The molecule has 0 heterocycles. The molecular weight excluding hydrogens is 291 g/mol. The zero-order valence-electron chi connectivity index (χ0n) is 11.6. The van der Waals surface area contributed by atoms with Crippen LogP contribution in [0, 0.1) is 51.1 Å². The molecule has 0 fully saturated rings. The lowest BCUT2D eigenvalue weighted by molar-refractivity contribution is 0.651. The fourth-order valence-corrected chi connectivity index (χ4v) is 2.71. The molecular formula is C18H5FN4. The summed E-state index contributed by atoms with van der Waals surface area (Å²) in [6.45, 7) is 0. The number of hydrogen-bond donors (Lipinski definition) is 0. The van der Waals surface area contributed by atoms with Crippen LogP contribution in [0.4, 0.5) is 4.39 Å². The molecule has 0 unspecified atom stereocenters. The van der Waals surface area contributed by atoms with Gasteiger partial charge in [-0.05, 0) is 11.5 Å². The van der Waals surface area contributed by atoms with E-state index >= 15 is 0 Å². The molecule has 3 aromatic rings. The van der Waals surface area contributed by atoms with Crippen molar-refractivity contribution in [3.8, 4) is 24.3 Å². The Morgan fingerprint density at radius 3 is 1.87 bits per heavy atom. The van der Waals surface area contributed by atoms with Gasteiger partial charge in [0.05, 0.1) is 22.3 Å². The fraction of sp³-hybridized carbons (Fsp3) is 0. The van der Waals surface area contributed by atoms with E-state index in [1.54, 1.807) is 48.5 Å². The molecule has 104 valence electrons. The predicted octanol–water partition coefficient (Wildman–Crippen LogP) is 3.62. The van der Waals surface area contributed by atoms with Crippen LogP contribution in [0.3, 0.4) is 0 Å². The summed E-state index contributed by atoms with van der Waals surface area (Å²) in [5.74, 6) is -0.674. The molecule has 3 rings (SSSR count). The Morgan fingerprint density at radius 2 is 1.26 bits per heavy atom. The van der Waals surface area contributed by atoms with Crippen molar-refractivity contribution >= 4 is 21.5 Å². The Hall–Kier alpha value is -3.93. The van der Waals surface area contributed by atoms with Crippen molar-refractivity contribution in [2.75, 3.05) is 0 Å². The van der Waals surface area contributed by atoms with E-state index in [0.717, 1.165) is 0 Å². The van der Waals surface area contributed by atoms with E-state index in [-0.39, 0.29) is 38.4 Å². The van der Waals surface area contributed by atoms with E-state index < -0.39 is 5.82 Å². The standard InChI is InChI=1S/C18H5FN4/c19-18-11-4-2-1-3-10(11)5-12-13(6-20)14(7-21)15(8-22)16(9-23)17(12)18/h1-5H. The molecule has 0 aliphatic heterocycles. The van der Waals surface area contributed by atoms with Gasteiger partial charge in [-0.15, -0.1) is 0 Å². The van der Waals surface area contributed by atoms with Gasteiger partial charge >= 0.3 is 0 Å². The zero-order valence-corrected chi connectivity index (χ0v) is 11.6. The molecule has 0 radical (unpaired) electrons. The van der Waals surface area contributed by atoms with Crippen LogP contribution in [0.2, 0.25) is 0 Å². The first-order valence-corrected chi connectivity index (χ1v) is 6.49. The summed E-state index contributed by atoms with van der Waals surface area (Å²) in [5.41, 5.74) is -0.786. The average molecular weight is 296 g/mol. The molecule has 5 heteroatoms. The molecule has 0 N–H and O–H groups in total. The van der Waals surface area contributed by atoms with Gasteiger partial charge in [0.25, 0.3) is 0 Å². The highest BCUT2D eigenvalue weighted by Gasteiger charge is 2.23. The summed E-state index contributed by atoms with van der Waals surface area (Å²) in [7, 11) is 0. The Kier molecular flexibility index (Phi) is 3.12. The minimum atomic E-state index is -0.674. The summed E-state index contributed by atoms with van der Waals surface area (Å²) in [4.78, 5) is 0. The highest BCUT2D eigenvalue weighted by atomic mass is 19.1. The van der Waals surface area contributed by atoms with Gasteiger partial charge in [-0.1, -0.05) is 24.3 Å². The summed E-state index contributed by atoms with van der Waals surface area (Å²) in [6.07, 6.45) is 0. The van der Waals surface area contributed by atoms with Gasteiger partial charge in [0.15, 0.2) is 0 Å². The molecule has 0 amide bonds. The van der Waals surface area contributed by atoms with Gasteiger partial charge in [0, 0.05) is 16.2 Å². The van der Waals surface area contributed by atoms with Gasteiger partial charge < -0.3 is 0 Å². The second-order valence-electron chi connectivity index (χ2n) is 4.78. The van der Waals surface area contributed by atoms with Gasteiger partial charge in [0.1, 0.15) is 30.1 Å². The maximum Gasteiger partial charge on any atom is 0.140 e. The first-order valence-electron chi connectivity index (χ1n) is 6.49. The van der Waals surface area contributed by atoms with E-state index in [0.29, 0.717) is 5.39 Å². The van der Waals surface area contributed by atoms with Crippen LogP contribution in [0.5, 0.6) is 0 Å². The van der Waals surface area contributed by atoms with Crippen LogP contribution < -0.4 is 0 Å². The Balaban J connectivity index is 2.77. The SMILES string of the molecule is N#Cc1c(C#N)c(C#N)c2c(F)c3ccccc3cc2c1C#N. The number of hydrogen-bond acceptors (Lipinski definition) is 4. The summed E-state index contributed by atoms with van der Waals surface area (Å²) in [6, 6.07) is 15.4. The van der Waals surface area contributed by atoms with Crippen molar-refractivity contribution in [2.24, 2.45) is 0 Å². The van der Waals surface area contributed by atoms with Crippen molar-refractivity contribution < 1.29 is 4.39 Å². The molecule has 0 aromatic heterocycles. The maximum absolute atomic E-state index is 14.9. The molecule has 0 spiro atoms. The van der Waals surface area contributed by atoms with Crippen molar-refractivity contribution in [3.63, 3.8) is 0 Å². The highest BCUT2D eigenvalue weighted by Crippen LogP contribution is 2.35. The third-order valence-electron chi connectivity index (χ3n) is 3.70. The van der Waals surface area contributed by atoms with Crippen LogP contribution in [-0.4, -0.2) is 0 Å². The lowest BCUT2D eigenvalue weighted by Gasteiger charge is -2.11. The monoisotopic (exact) mass is 296 g/mol. The zero-order chi connectivity index (χ0) is 16.6. The lowest BCUT2D eigenvalue weighted by Crippen LogP contribution is -2.00. The minimum absolute atomic E-state index is 0.0947. The highest BCUT2D eigenvalue weighted by molar-refractivity contribution is 6.05. The van der Waals surface area contributed by atoms with E-state index in [2.05, 4.69) is 0 Å².